The molecule has 0 spiro atoms. The van der Waals surface area contributed by atoms with Crippen LogP contribution in [0.3, 0.4) is 0 Å². The lowest BCUT2D eigenvalue weighted by Gasteiger charge is -2.08. The molecule has 5 nitrogen and oxygen atoms in total. The number of methoxy groups -OCH3 is 1. The van der Waals surface area contributed by atoms with Crippen LogP contribution in [-0.4, -0.2) is 21.5 Å². The van der Waals surface area contributed by atoms with Gasteiger partial charge in [0.1, 0.15) is 11.2 Å². The second-order valence-electron chi connectivity index (χ2n) is 5.54. The van der Waals surface area contributed by atoms with Crippen molar-refractivity contribution in [1.82, 2.24) is 14.4 Å². The van der Waals surface area contributed by atoms with Gasteiger partial charge >= 0.3 is 0 Å². The monoisotopic (exact) mass is 322 g/mol. The van der Waals surface area contributed by atoms with Crippen LogP contribution in [0.15, 0.2) is 48.7 Å². The molecular formula is C18H15FN4O. The van der Waals surface area contributed by atoms with Crippen molar-refractivity contribution in [2.75, 3.05) is 12.8 Å². The van der Waals surface area contributed by atoms with E-state index in [2.05, 4.69) is 9.97 Å². The Hall–Kier alpha value is -3.15. The number of anilines is 1. The van der Waals surface area contributed by atoms with Crippen LogP contribution in [0.5, 0.6) is 5.75 Å². The Morgan fingerprint density at radius 3 is 2.67 bits per heavy atom. The number of ether oxygens (including phenoxy) is 1. The number of nitrogens with zero attached hydrogens (tertiary/aromatic N) is 3. The number of hydrogen-bond acceptors (Lipinski definition) is 4. The summed E-state index contributed by atoms with van der Waals surface area (Å²) in [5, 5.41) is 0.696. The molecule has 0 saturated carbocycles. The molecule has 0 aliphatic heterocycles. The first-order chi connectivity index (χ1) is 11.7. The van der Waals surface area contributed by atoms with Gasteiger partial charge in [0.2, 0.25) is 5.95 Å². The average Bonchev–Trinajstić information content (AvgIpc) is 3.00. The number of imidazole rings is 1. The van der Waals surface area contributed by atoms with Crippen molar-refractivity contribution in [3.8, 4) is 5.75 Å². The van der Waals surface area contributed by atoms with E-state index in [4.69, 9.17) is 10.5 Å². The van der Waals surface area contributed by atoms with Crippen LogP contribution < -0.4 is 10.5 Å². The van der Waals surface area contributed by atoms with Gasteiger partial charge in [0.05, 0.1) is 12.8 Å². The summed E-state index contributed by atoms with van der Waals surface area (Å²) >= 11 is 0. The fraction of sp³-hybridized carbons (Fsp3) is 0.111. The van der Waals surface area contributed by atoms with Crippen molar-refractivity contribution >= 4 is 22.5 Å². The van der Waals surface area contributed by atoms with Crippen molar-refractivity contribution in [2.45, 2.75) is 6.42 Å². The molecule has 24 heavy (non-hydrogen) atoms. The molecule has 0 aliphatic carbocycles. The van der Waals surface area contributed by atoms with Crippen LogP contribution in [-0.2, 0) is 6.42 Å². The van der Waals surface area contributed by atoms with Crippen LogP contribution in [0, 0.1) is 5.82 Å². The Morgan fingerprint density at radius 1 is 1.12 bits per heavy atom. The number of rotatable bonds is 3. The third kappa shape index (κ3) is 2.23. The van der Waals surface area contributed by atoms with Crippen molar-refractivity contribution in [2.24, 2.45) is 0 Å². The van der Waals surface area contributed by atoms with Gasteiger partial charge in [-0.25, -0.2) is 14.4 Å². The van der Waals surface area contributed by atoms with E-state index in [0.717, 1.165) is 11.3 Å². The highest BCUT2D eigenvalue weighted by atomic mass is 19.1. The molecule has 0 fully saturated rings. The molecule has 0 atom stereocenters. The zero-order valence-electron chi connectivity index (χ0n) is 13.0. The highest BCUT2D eigenvalue weighted by Gasteiger charge is 2.16. The summed E-state index contributed by atoms with van der Waals surface area (Å²) in [7, 11) is 1.41. The Balaban J connectivity index is 1.93. The van der Waals surface area contributed by atoms with Gasteiger partial charge in [0.15, 0.2) is 11.6 Å². The summed E-state index contributed by atoms with van der Waals surface area (Å²) in [6.45, 7) is 0. The van der Waals surface area contributed by atoms with E-state index in [1.807, 2.05) is 36.5 Å². The molecule has 0 saturated heterocycles. The smallest absolute Gasteiger partial charge is 0.206 e. The third-order valence-electron chi connectivity index (χ3n) is 3.99. The minimum Gasteiger partial charge on any atom is -0.491 e. The summed E-state index contributed by atoms with van der Waals surface area (Å²) < 4.78 is 20.8. The van der Waals surface area contributed by atoms with E-state index in [1.54, 1.807) is 10.5 Å². The van der Waals surface area contributed by atoms with Crippen molar-refractivity contribution in [3.63, 3.8) is 0 Å². The number of fused-ring (bicyclic) bond motifs is 3. The Bertz CT molecular complexity index is 1040. The summed E-state index contributed by atoms with van der Waals surface area (Å²) in [5.74, 6) is -0.153. The van der Waals surface area contributed by atoms with Crippen LogP contribution in [0.2, 0.25) is 0 Å². The fourth-order valence-corrected chi connectivity index (χ4v) is 2.88. The highest BCUT2D eigenvalue weighted by Crippen LogP contribution is 2.30. The lowest BCUT2D eigenvalue weighted by Crippen LogP contribution is -2.02. The quantitative estimate of drug-likeness (QED) is 0.629. The lowest BCUT2D eigenvalue weighted by atomic mass is 10.1. The summed E-state index contributed by atoms with van der Waals surface area (Å²) in [6, 6.07) is 13.0. The van der Waals surface area contributed by atoms with E-state index >= 15 is 0 Å². The van der Waals surface area contributed by atoms with E-state index in [9.17, 15) is 4.39 Å². The minimum absolute atomic E-state index is 0.0781. The number of aromatic nitrogens is 3. The Morgan fingerprint density at radius 2 is 1.92 bits per heavy atom. The van der Waals surface area contributed by atoms with Crippen LogP contribution in [0.25, 0.3) is 16.6 Å². The number of hydrogen-bond donors (Lipinski definition) is 1. The number of nitrogens with two attached hydrogens (primary N) is 1. The van der Waals surface area contributed by atoms with Gasteiger partial charge in [-0.3, -0.25) is 4.40 Å². The molecule has 2 heterocycles. The van der Waals surface area contributed by atoms with Gasteiger partial charge in [-0.1, -0.05) is 30.3 Å². The van der Waals surface area contributed by atoms with Crippen LogP contribution in [0.1, 0.15) is 11.3 Å². The molecule has 0 amide bonds. The second kappa shape index (κ2) is 5.49. The van der Waals surface area contributed by atoms with Gasteiger partial charge < -0.3 is 10.5 Å². The standard InChI is InChI=1S/C18H15FN4O/c1-24-16-14(19)8-7-13-15(16)22-18(20)23-10-12(21-17(13)23)9-11-5-3-2-4-6-11/h2-8,10H,9H2,1H3,(H2,20,22). The molecule has 4 rings (SSSR count). The molecule has 2 aromatic carbocycles. The summed E-state index contributed by atoms with van der Waals surface area (Å²) in [6.07, 6.45) is 2.54. The molecule has 2 N–H and O–H groups in total. The predicted octanol–water partition coefficient (Wildman–Crippen LogP) is 3.20. The lowest BCUT2D eigenvalue weighted by molar-refractivity contribution is 0.391. The first-order valence-electron chi connectivity index (χ1n) is 7.51. The zero-order chi connectivity index (χ0) is 16.7. The Kier molecular flexibility index (Phi) is 3.30. The van der Waals surface area contributed by atoms with Crippen LogP contribution in [0.4, 0.5) is 10.3 Å². The molecular weight excluding hydrogens is 307 g/mol. The summed E-state index contributed by atoms with van der Waals surface area (Å²) in [4.78, 5) is 8.96. The number of halogens is 1. The van der Waals surface area contributed by atoms with Gasteiger partial charge in [0, 0.05) is 18.0 Å². The summed E-state index contributed by atoms with van der Waals surface area (Å²) in [5.41, 5.74) is 9.07. The molecule has 0 bridgehead atoms. The molecule has 0 radical (unpaired) electrons. The number of benzene rings is 2. The normalized spacial score (nSPS) is 11.2. The van der Waals surface area contributed by atoms with E-state index < -0.39 is 5.82 Å². The van der Waals surface area contributed by atoms with Gasteiger partial charge in [-0.2, -0.15) is 0 Å². The third-order valence-corrected chi connectivity index (χ3v) is 3.99. The largest absolute Gasteiger partial charge is 0.491 e. The zero-order valence-corrected chi connectivity index (χ0v) is 13.0. The van der Waals surface area contributed by atoms with Crippen molar-refractivity contribution < 1.29 is 9.13 Å². The van der Waals surface area contributed by atoms with E-state index in [1.165, 1.54) is 13.2 Å². The second-order valence-corrected chi connectivity index (χ2v) is 5.54. The molecule has 4 aromatic rings. The first kappa shape index (κ1) is 14.4. The molecule has 6 heteroatoms. The van der Waals surface area contributed by atoms with Crippen LogP contribution >= 0.6 is 0 Å². The van der Waals surface area contributed by atoms with Gasteiger partial charge in [-0.15, -0.1) is 0 Å². The van der Waals surface area contributed by atoms with Gasteiger partial charge in [0.25, 0.3) is 0 Å². The fourth-order valence-electron chi connectivity index (χ4n) is 2.88. The average molecular weight is 322 g/mol. The SMILES string of the molecule is COc1c(F)ccc2c1nc(N)n1cc(Cc3ccccc3)nc21. The topological polar surface area (TPSA) is 65.4 Å². The molecule has 120 valence electrons. The number of nitrogen functional groups attached to an aromatic ring is 1. The van der Waals surface area contributed by atoms with E-state index in [0.29, 0.717) is 23.0 Å². The first-order valence-corrected chi connectivity index (χ1v) is 7.51. The predicted molar refractivity (Wildman–Crippen MR) is 90.7 cm³/mol. The highest BCUT2D eigenvalue weighted by molar-refractivity contribution is 5.96. The molecule has 0 unspecified atom stereocenters. The molecule has 0 aliphatic rings. The van der Waals surface area contributed by atoms with Gasteiger partial charge in [-0.05, 0) is 17.7 Å². The maximum Gasteiger partial charge on any atom is 0.206 e. The van der Waals surface area contributed by atoms with Crippen molar-refractivity contribution in [3.05, 3.63) is 65.7 Å². The maximum absolute atomic E-state index is 13.9. The maximum atomic E-state index is 13.9. The minimum atomic E-state index is -0.475. The van der Waals surface area contributed by atoms with E-state index in [-0.39, 0.29) is 11.7 Å². The Labute approximate surface area is 137 Å². The molecule has 2 aromatic heterocycles. The van der Waals surface area contributed by atoms with Crippen molar-refractivity contribution in [1.29, 1.82) is 0 Å².